The molecule has 0 bridgehead atoms. The normalized spacial score (nSPS) is 11.4. The lowest BCUT2D eigenvalue weighted by atomic mass is 9.92. The second-order valence-corrected chi connectivity index (χ2v) is 12.5. The summed E-state index contributed by atoms with van der Waals surface area (Å²) in [5, 5.41) is 13.4. The summed E-state index contributed by atoms with van der Waals surface area (Å²) < 4.78 is 12.7. The smallest absolute Gasteiger partial charge is 0.324 e. The van der Waals surface area contributed by atoms with E-state index in [2.05, 4.69) is 20.9 Å². The summed E-state index contributed by atoms with van der Waals surface area (Å²) in [5.74, 6) is 1.15. The van der Waals surface area contributed by atoms with Gasteiger partial charge in [-0.05, 0) is 74.9 Å². The Kier molecular flexibility index (Phi) is 10.2. The molecular weight excluding hydrogens is 572 g/mol. The minimum atomic E-state index is -0.583. The standard InChI is InChI=1S/C34H40N6O5/c1-33(2,3)28-21-29(38-32(43)37-24-9-13-26(14-10-24)44-27-17-19-35-20-18-27)40(39-28)25-11-7-23(8-12-25)22-36-30(41)15-16-31(42)45-34(4,5)6/h7-14,17-21H,15-16,22H2,1-6H3,(H,36,41)(H2,37,38,43). The highest BCUT2D eigenvalue weighted by molar-refractivity contribution is 5.99. The SMILES string of the molecule is CC(C)(C)OC(=O)CCC(=O)NCc1ccc(-n2nc(C(C)(C)C)cc2NC(=O)Nc2ccc(Oc3ccncc3)cc2)cc1. The van der Waals surface area contributed by atoms with Crippen LogP contribution in [0.1, 0.15) is 65.6 Å². The van der Waals surface area contributed by atoms with E-state index in [1.54, 1.807) is 74.2 Å². The number of urea groups is 1. The van der Waals surface area contributed by atoms with Gasteiger partial charge in [-0.1, -0.05) is 32.9 Å². The second-order valence-electron chi connectivity index (χ2n) is 12.5. The number of benzene rings is 2. The zero-order valence-electron chi connectivity index (χ0n) is 26.5. The minimum Gasteiger partial charge on any atom is -0.460 e. The molecule has 2 heterocycles. The molecule has 3 N–H and O–H groups in total. The van der Waals surface area contributed by atoms with Crippen LogP contribution in [0.5, 0.6) is 11.5 Å². The molecule has 0 saturated heterocycles. The van der Waals surface area contributed by atoms with E-state index in [9.17, 15) is 14.4 Å². The summed E-state index contributed by atoms with van der Waals surface area (Å²) in [6.45, 7) is 11.8. The zero-order chi connectivity index (χ0) is 32.6. The number of amides is 3. The van der Waals surface area contributed by atoms with Crippen LogP contribution in [-0.4, -0.2) is 38.3 Å². The fourth-order valence-corrected chi connectivity index (χ4v) is 4.11. The zero-order valence-corrected chi connectivity index (χ0v) is 26.5. The number of aromatic nitrogens is 3. The van der Waals surface area contributed by atoms with Gasteiger partial charge in [0.25, 0.3) is 0 Å². The highest BCUT2D eigenvalue weighted by atomic mass is 16.6. The van der Waals surface area contributed by atoms with Gasteiger partial charge in [0.05, 0.1) is 17.8 Å². The lowest BCUT2D eigenvalue weighted by molar-refractivity contribution is -0.155. The molecule has 0 aliphatic heterocycles. The quantitative estimate of drug-likeness (QED) is 0.169. The maximum absolute atomic E-state index is 13.0. The van der Waals surface area contributed by atoms with E-state index in [0.29, 0.717) is 29.5 Å². The van der Waals surface area contributed by atoms with Gasteiger partial charge in [-0.3, -0.25) is 19.9 Å². The van der Waals surface area contributed by atoms with Gasteiger partial charge in [-0.25, -0.2) is 9.48 Å². The lowest BCUT2D eigenvalue weighted by Gasteiger charge is -2.19. The van der Waals surface area contributed by atoms with E-state index < -0.39 is 17.6 Å². The van der Waals surface area contributed by atoms with Crippen LogP contribution in [0.3, 0.4) is 0 Å². The lowest BCUT2D eigenvalue weighted by Crippen LogP contribution is -2.27. The molecule has 0 unspecified atom stereocenters. The van der Waals surface area contributed by atoms with E-state index in [0.717, 1.165) is 16.9 Å². The van der Waals surface area contributed by atoms with Gasteiger partial charge in [0.2, 0.25) is 5.91 Å². The largest absolute Gasteiger partial charge is 0.460 e. The first-order valence-corrected chi connectivity index (χ1v) is 14.7. The summed E-state index contributed by atoms with van der Waals surface area (Å²) in [5.41, 5.74) is 2.16. The first-order valence-electron chi connectivity index (χ1n) is 14.7. The molecular formula is C34H40N6O5. The Morgan fingerprint density at radius 1 is 0.800 bits per heavy atom. The molecule has 0 atom stereocenters. The Morgan fingerprint density at radius 3 is 2.07 bits per heavy atom. The van der Waals surface area contributed by atoms with E-state index in [1.165, 1.54) is 0 Å². The molecule has 3 amide bonds. The molecule has 236 valence electrons. The van der Waals surface area contributed by atoms with Gasteiger partial charge in [-0.15, -0.1) is 0 Å². The summed E-state index contributed by atoms with van der Waals surface area (Å²) in [6, 6.07) is 19.5. The first-order chi connectivity index (χ1) is 21.2. The van der Waals surface area contributed by atoms with Gasteiger partial charge in [0.15, 0.2) is 0 Å². The van der Waals surface area contributed by atoms with Gasteiger partial charge in [-0.2, -0.15) is 5.10 Å². The number of hydrogen-bond donors (Lipinski definition) is 3. The fourth-order valence-electron chi connectivity index (χ4n) is 4.11. The molecule has 0 aliphatic carbocycles. The van der Waals surface area contributed by atoms with Crippen LogP contribution in [0.25, 0.3) is 5.69 Å². The molecule has 2 aromatic heterocycles. The Hall–Kier alpha value is -5.19. The topological polar surface area (TPSA) is 136 Å². The van der Waals surface area contributed by atoms with Crippen LogP contribution in [0.2, 0.25) is 0 Å². The number of carbonyl (C=O) groups is 3. The molecule has 2 aromatic carbocycles. The number of hydrogen-bond acceptors (Lipinski definition) is 7. The van der Waals surface area contributed by atoms with E-state index in [-0.39, 0.29) is 24.2 Å². The predicted molar refractivity (Wildman–Crippen MR) is 173 cm³/mol. The van der Waals surface area contributed by atoms with Crippen LogP contribution in [0.4, 0.5) is 16.3 Å². The van der Waals surface area contributed by atoms with Crippen molar-refractivity contribution in [3.8, 4) is 17.2 Å². The van der Waals surface area contributed by atoms with Gasteiger partial charge < -0.3 is 20.1 Å². The fraction of sp³-hybridized carbons (Fsp3) is 0.324. The van der Waals surface area contributed by atoms with Crippen LogP contribution >= 0.6 is 0 Å². The van der Waals surface area contributed by atoms with Crippen molar-refractivity contribution in [1.29, 1.82) is 0 Å². The van der Waals surface area contributed by atoms with E-state index >= 15 is 0 Å². The molecule has 0 aliphatic rings. The van der Waals surface area contributed by atoms with Crippen LogP contribution in [0, 0.1) is 0 Å². The number of nitrogens with one attached hydrogen (secondary N) is 3. The monoisotopic (exact) mass is 612 g/mol. The number of anilines is 2. The van der Waals surface area contributed by atoms with Crippen molar-refractivity contribution in [2.45, 2.75) is 71.9 Å². The molecule has 4 aromatic rings. The molecule has 0 fully saturated rings. The molecule has 0 saturated carbocycles. The molecule has 11 heteroatoms. The highest BCUT2D eigenvalue weighted by Gasteiger charge is 2.22. The van der Waals surface area contributed by atoms with Gasteiger partial charge >= 0.3 is 12.0 Å². The highest BCUT2D eigenvalue weighted by Crippen LogP contribution is 2.27. The summed E-state index contributed by atoms with van der Waals surface area (Å²) in [7, 11) is 0. The van der Waals surface area contributed by atoms with Crippen molar-refractivity contribution in [3.05, 3.63) is 90.4 Å². The van der Waals surface area contributed by atoms with Crippen LogP contribution in [-0.2, 0) is 26.3 Å². The maximum Gasteiger partial charge on any atom is 0.324 e. The Balaban J connectivity index is 1.37. The number of carbonyl (C=O) groups excluding carboxylic acids is 3. The van der Waals surface area contributed by atoms with Crippen molar-refractivity contribution >= 4 is 29.4 Å². The third-order valence-electron chi connectivity index (χ3n) is 6.36. The number of nitrogens with zero attached hydrogens (tertiary/aromatic N) is 3. The third-order valence-corrected chi connectivity index (χ3v) is 6.36. The third kappa shape index (κ3) is 10.2. The Morgan fingerprint density at radius 2 is 1.44 bits per heavy atom. The van der Waals surface area contributed by atoms with Crippen molar-refractivity contribution in [3.63, 3.8) is 0 Å². The second kappa shape index (κ2) is 14.1. The summed E-state index contributed by atoms with van der Waals surface area (Å²) in [6.07, 6.45) is 3.37. The maximum atomic E-state index is 13.0. The number of esters is 1. The minimum absolute atomic E-state index is 0.0207. The Labute approximate surface area is 263 Å². The van der Waals surface area contributed by atoms with Crippen molar-refractivity contribution in [2.24, 2.45) is 0 Å². The van der Waals surface area contributed by atoms with Crippen molar-refractivity contribution < 1.29 is 23.9 Å². The number of rotatable bonds is 10. The molecule has 0 radical (unpaired) electrons. The van der Waals surface area contributed by atoms with Gasteiger partial charge in [0, 0.05) is 42.5 Å². The molecule has 0 spiro atoms. The van der Waals surface area contributed by atoms with Crippen LogP contribution < -0.4 is 20.7 Å². The average molecular weight is 613 g/mol. The molecule has 11 nitrogen and oxygen atoms in total. The van der Waals surface area contributed by atoms with E-state index in [4.69, 9.17) is 14.6 Å². The summed E-state index contributed by atoms with van der Waals surface area (Å²) in [4.78, 5) is 41.1. The van der Waals surface area contributed by atoms with Crippen LogP contribution in [0.15, 0.2) is 79.1 Å². The number of pyridine rings is 1. The number of ether oxygens (including phenoxy) is 2. The average Bonchev–Trinajstić information content (AvgIpc) is 3.40. The first kappa shape index (κ1) is 32.7. The summed E-state index contributed by atoms with van der Waals surface area (Å²) >= 11 is 0. The Bertz CT molecular complexity index is 1600. The molecule has 45 heavy (non-hydrogen) atoms. The van der Waals surface area contributed by atoms with Gasteiger partial charge in [0.1, 0.15) is 22.9 Å². The van der Waals surface area contributed by atoms with Crippen molar-refractivity contribution in [1.82, 2.24) is 20.1 Å². The predicted octanol–water partition coefficient (Wildman–Crippen LogP) is 6.74. The van der Waals surface area contributed by atoms with Crippen molar-refractivity contribution in [2.75, 3.05) is 10.6 Å². The van der Waals surface area contributed by atoms with E-state index in [1.807, 2.05) is 51.1 Å². The molecule has 4 rings (SSSR count).